The summed E-state index contributed by atoms with van der Waals surface area (Å²) in [6, 6.07) is 9.38. The Morgan fingerprint density at radius 3 is 2.66 bits per heavy atom. The van der Waals surface area contributed by atoms with Crippen LogP contribution in [0.2, 0.25) is 0 Å². The third-order valence-electron chi connectivity index (χ3n) is 6.01. The maximum atomic E-state index is 13.4. The van der Waals surface area contributed by atoms with Crippen LogP contribution in [-0.2, 0) is 20.7 Å². The van der Waals surface area contributed by atoms with E-state index < -0.39 is 0 Å². The Morgan fingerprint density at radius 1 is 1.16 bits per heavy atom. The molecule has 1 fully saturated rings. The number of carbonyl (C=O) groups excluding carboxylic acids is 2. The zero-order chi connectivity index (χ0) is 22.5. The summed E-state index contributed by atoms with van der Waals surface area (Å²) in [6.07, 6.45) is 2.64. The van der Waals surface area contributed by atoms with Crippen LogP contribution in [0.1, 0.15) is 29.3 Å². The average molecular weight is 459 g/mol. The highest BCUT2D eigenvalue weighted by Gasteiger charge is 2.37. The summed E-state index contributed by atoms with van der Waals surface area (Å²) in [6.45, 7) is 1.86. The van der Waals surface area contributed by atoms with E-state index >= 15 is 0 Å². The van der Waals surface area contributed by atoms with Crippen LogP contribution in [0.25, 0.3) is 0 Å². The molecule has 1 aliphatic carbocycles. The molecule has 8 heteroatoms. The zero-order valence-corrected chi connectivity index (χ0v) is 19.4. The van der Waals surface area contributed by atoms with Gasteiger partial charge in [-0.05, 0) is 48.4 Å². The molecule has 0 radical (unpaired) electrons. The molecule has 1 saturated carbocycles. The second-order valence-corrected chi connectivity index (χ2v) is 9.14. The number of ether oxygens (including phenoxy) is 3. The van der Waals surface area contributed by atoms with Gasteiger partial charge in [0.05, 0.1) is 26.3 Å². The molecule has 0 spiro atoms. The van der Waals surface area contributed by atoms with Gasteiger partial charge in [-0.1, -0.05) is 12.1 Å². The van der Waals surface area contributed by atoms with Crippen LogP contribution in [0.3, 0.4) is 0 Å². The van der Waals surface area contributed by atoms with Gasteiger partial charge in [0, 0.05) is 31.0 Å². The first-order valence-corrected chi connectivity index (χ1v) is 11.9. The molecule has 1 atom stereocenters. The normalized spacial score (nSPS) is 17.6. The van der Waals surface area contributed by atoms with Crippen LogP contribution in [0, 0.1) is 5.92 Å². The summed E-state index contributed by atoms with van der Waals surface area (Å²) in [5.74, 6) is 1.38. The average Bonchev–Trinajstić information content (AvgIpc) is 3.56. The number of amides is 2. The van der Waals surface area contributed by atoms with Crippen molar-refractivity contribution in [2.45, 2.75) is 25.3 Å². The van der Waals surface area contributed by atoms with E-state index in [0.29, 0.717) is 37.8 Å². The maximum Gasteiger partial charge on any atom is 0.242 e. The first-order chi connectivity index (χ1) is 15.6. The maximum absolute atomic E-state index is 13.4. The number of carbonyl (C=O) groups is 2. The number of nitrogens with zero attached hydrogens (tertiary/aromatic N) is 2. The minimum atomic E-state index is -0.206. The summed E-state index contributed by atoms with van der Waals surface area (Å²) in [7, 11) is 3.22. The molecule has 2 aromatic rings. The number of benzene rings is 1. The Bertz CT molecular complexity index is 942. The molecule has 2 amide bonds. The highest BCUT2D eigenvalue weighted by Crippen LogP contribution is 2.36. The van der Waals surface area contributed by atoms with Gasteiger partial charge in [0.25, 0.3) is 0 Å². The Morgan fingerprint density at radius 2 is 1.94 bits per heavy atom. The van der Waals surface area contributed by atoms with Gasteiger partial charge < -0.3 is 24.0 Å². The van der Waals surface area contributed by atoms with Gasteiger partial charge >= 0.3 is 0 Å². The summed E-state index contributed by atoms with van der Waals surface area (Å²) in [4.78, 5) is 30.9. The van der Waals surface area contributed by atoms with E-state index in [4.69, 9.17) is 14.2 Å². The molecule has 1 aromatic heterocycles. The van der Waals surface area contributed by atoms with E-state index in [9.17, 15) is 9.59 Å². The van der Waals surface area contributed by atoms with E-state index in [1.54, 1.807) is 30.5 Å². The molecule has 1 aliphatic heterocycles. The van der Waals surface area contributed by atoms with E-state index in [0.717, 1.165) is 24.8 Å². The first-order valence-electron chi connectivity index (χ1n) is 11.0. The number of fused-ring (bicyclic) bond motifs is 1. The molecular formula is C24H30N2O5S. The Balaban J connectivity index is 1.50. The molecule has 32 heavy (non-hydrogen) atoms. The van der Waals surface area contributed by atoms with E-state index in [2.05, 4.69) is 11.4 Å². The lowest BCUT2D eigenvalue weighted by Crippen LogP contribution is -2.48. The smallest absolute Gasteiger partial charge is 0.242 e. The lowest BCUT2D eigenvalue weighted by atomic mass is 10.0. The molecule has 4 rings (SSSR count). The highest BCUT2D eigenvalue weighted by molar-refractivity contribution is 7.10. The topological polar surface area (TPSA) is 68.3 Å². The second-order valence-electron chi connectivity index (χ2n) is 8.14. The fourth-order valence-electron chi connectivity index (χ4n) is 4.09. The first kappa shape index (κ1) is 22.6. The Labute approximate surface area is 192 Å². The molecule has 1 aromatic carbocycles. The van der Waals surface area contributed by atoms with E-state index in [1.165, 1.54) is 4.88 Å². The van der Waals surface area contributed by atoms with Crippen molar-refractivity contribution in [1.82, 2.24) is 9.80 Å². The van der Waals surface area contributed by atoms with Crippen molar-refractivity contribution in [2.75, 3.05) is 47.1 Å². The molecule has 0 bridgehead atoms. The van der Waals surface area contributed by atoms with Crippen LogP contribution >= 0.6 is 11.3 Å². The van der Waals surface area contributed by atoms with Gasteiger partial charge in [-0.15, -0.1) is 11.3 Å². The molecule has 172 valence electrons. The number of hydrogen-bond donors (Lipinski definition) is 0. The molecule has 0 saturated heterocycles. The van der Waals surface area contributed by atoms with Gasteiger partial charge in [-0.3, -0.25) is 9.59 Å². The van der Waals surface area contributed by atoms with Crippen LogP contribution in [0.5, 0.6) is 11.5 Å². The minimum absolute atomic E-state index is 0.0550. The van der Waals surface area contributed by atoms with Crippen molar-refractivity contribution in [1.29, 1.82) is 0 Å². The molecule has 2 aliphatic rings. The lowest BCUT2D eigenvalue weighted by molar-refractivity contribution is -0.143. The number of rotatable bonds is 10. The minimum Gasteiger partial charge on any atom is -0.493 e. The molecule has 7 nitrogen and oxygen atoms in total. The van der Waals surface area contributed by atoms with Crippen molar-refractivity contribution in [3.63, 3.8) is 0 Å². The quantitative estimate of drug-likeness (QED) is 0.547. The van der Waals surface area contributed by atoms with Crippen molar-refractivity contribution >= 4 is 23.2 Å². The van der Waals surface area contributed by atoms with Gasteiger partial charge in [0.1, 0.15) is 6.61 Å². The summed E-state index contributed by atoms with van der Waals surface area (Å²) in [5, 5.41) is 2.07. The molecule has 2 heterocycles. The van der Waals surface area contributed by atoms with E-state index in [1.807, 2.05) is 29.2 Å². The van der Waals surface area contributed by atoms with Gasteiger partial charge in [0.15, 0.2) is 11.5 Å². The van der Waals surface area contributed by atoms with Crippen LogP contribution in [0.4, 0.5) is 0 Å². The van der Waals surface area contributed by atoms with Gasteiger partial charge in [-0.25, -0.2) is 0 Å². The number of hydrogen-bond acceptors (Lipinski definition) is 6. The fourth-order valence-corrected chi connectivity index (χ4v) is 5.02. The third kappa shape index (κ3) is 5.07. The van der Waals surface area contributed by atoms with Crippen LogP contribution in [-0.4, -0.2) is 68.7 Å². The fraction of sp³-hybridized carbons (Fsp3) is 0.500. The SMILES string of the molecule is COCCN(CC(=O)N1CCc2sccc2[C@H]1COc1ccccc1OC)C(=O)C1CC1. The summed E-state index contributed by atoms with van der Waals surface area (Å²) < 4.78 is 16.7. The van der Waals surface area contributed by atoms with E-state index in [-0.39, 0.29) is 30.3 Å². The summed E-state index contributed by atoms with van der Waals surface area (Å²) >= 11 is 1.72. The predicted molar refractivity (Wildman–Crippen MR) is 122 cm³/mol. The predicted octanol–water partition coefficient (Wildman–Crippen LogP) is 3.15. The number of para-hydroxylation sites is 2. The number of methoxy groups -OCH3 is 2. The lowest BCUT2D eigenvalue weighted by Gasteiger charge is -2.37. The molecular weight excluding hydrogens is 428 g/mol. The van der Waals surface area contributed by atoms with Crippen molar-refractivity contribution < 1.29 is 23.8 Å². The molecule has 0 N–H and O–H groups in total. The monoisotopic (exact) mass is 458 g/mol. The van der Waals surface area contributed by atoms with Crippen LogP contribution in [0.15, 0.2) is 35.7 Å². The van der Waals surface area contributed by atoms with Crippen molar-refractivity contribution in [2.24, 2.45) is 5.92 Å². The van der Waals surface area contributed by atoms with Crippen molar-refractivity contribution in [3.05, 3.63) is 46.2 Å². The Kier molecular flexibility index (Phi) is 7.32. The number of thiophene rings is 1. The highest BCUT2D eigenvalue weighted by atomic mass is 32.1. The largest absolute Gasteiger partial charge is 0.493 e. The molecule has 0 unspecified atom stereocenters. The van der Waals surface area contributed by atoms with Gasteiger partial charge in [-0.2, -0.15) is 0 Å². The van der Waals surface area contributed by atoms with Gasteiger partial charge in [0.2, 0.25) is 11.8 Å². The third-order valence-corrected chi connectivity index (χ3v) is 7.01. The van der Waals surface area contributed by atoms with Crippen LogP contribution < -0.4 is 9.47 Å². The summed E-state index contributed by atoms with van der Waals surface area (Å²) in [5.41, 5.74) is 1.13. The standard InChI is InChI=1S/C24H30N2O5S/c1-29-13-12-25(24(28)17-7-8-17)15-23(27)26-11-9-22-18(10-14-32-22)19(26)16-31-21-6-4-3-5-20(21)30-2/h3-6,10,14,17,19H,7-9,11-13,15-16H2,1-2H3/t19-/m1/s1. The van der Waals surface area contributed by atoms with Crippen molar-refractivity contribution in [3.8, 4) is 11.5 Å². The Hall–Kier alpha value is -2.58. The second kappa shape index (κ2) is 10.4. The zero-order valence-electron chi connectivity index (χ0n) is 18.6.